The Morgan fingerprint density at radius 1 is 1.12 bits per heavy atom. The molecule has 1 amide bonds. The number of carbonyl (C=O) groups is 2. The first-order chi connectivity index (χ1) is 7.42. The van der Waals surface area contributed by atoms with Gasteiger partial charge < -0.3 is 15.1 Å². The van der Waals surface area contributed by atoms with Gasteiger partial charge in [-0.15, -0.1) is 0 Å². The van der Waals surface area contributed by atoms with Crippen LogP contribution in [-0.2, 0) is 9.59 Å². The summed E-state index contributed by atoms with van der Waals surface area (Å²) in [5, 5.41) is 17.2. The third kappa shape index (κ3) is 2.04. The predicted octanol–water partition coefficient (Wildman–Crippen LogP) is -0.158. The molecule has 0 radical (unpaired) electrons. The highest BCUT2D eigenvalue weighted by Crippen LogP contribution is 2.38. The molecule has 0 aromatic carbocycles. The second kappa shape index (κ2) is 3.52. The molecule has 17 heavy (non-hydrogen) atoms. The predicted molar refractivity (Wildman–Crippen MR) is 40.2 cm³/mol. The summed E-state index contributed by atoms with van der Waals surface area (Å²) in [5.41, 5.74) is -3.17. The van der Waals surface area contributed by atoms with E-state index in [9.17, 15) is 31.5 Å². The number of aliphatic hydroxyl groups is 1. The molecular weight excluding hydrogens is 257 g/mol. The lowest BCUT2D eigenvalue weighted by atomic mass is 9.87. The molecule has 5 nitrogen and oxygen atoms in total. The second-order valence-electron chi connectivity index (χ2n) is 3.57. The number of alkyl halides is 5. The molecular formula is C7H6F5NO4. The van der Waals surface area contributed by atoms with Crippen LogP contribution >= 0.6 is 0 Å². The first-order valence-corrected chi connectivity index (χ1v) is 4.11. The average Bonchev–Trinajstić information content (AvgIpc) is 2.09. The molecule has 0 aromatic rings. The smallest absolute Gasteiger partial charge is 0.471 e. The topological polar surface area (TPSA) is 77.8 Å². The molecule has 0 aliphatic carbocycles. The molecule has 1 heterocycles. The van der Waals surface area contributed by atoms with Gasteiger partial charge in [-0.05, 0) is 0 Å². The number of hydrogen-bond donors (Lipinski definition) is 2. The number of likely N-dealkylation sites (tertiary alicyclic amines) is 1. The molecule has 0 atom stereocenters. The van der Waals surface area contributed by atoms with Gasteiger partial charge in [0, 0.05) is 0 Å². The van der Waals surface area contributed by atoms with E-state index in [1.54, 1.807) is 0 Å². The number of aliphatic carboxylic acids is 1. The van der Waals surface area contributed by atoms with Crippen LogP contribution in [0, 0.1) is 0 Å². The molecule has 10 heteroatoms. The van der Waals surface area contributed by atoms with Gasteiger partial charge in [-0.2, -0.15) is 22.0 Å². The highest BCUT2D eigenvalue weighted by Gasteiger charge is 2.67. The minimum atomic E-state index is -5.25. The molecule has 1 aliphatic heterocycles. The summed E-state index contributed by atoms with van der Waals surface area (Å²) in [6.07, 6.45) is -5.25. The van der Waals surface area contributed by atoms with E-state index in [-0.39, 0.29) is 4.90 Å². The van der Waals surface area contributed by atoms with E-state index in [0.717, 1.165) is 0 Å². The summed E-state index contributed by atoms with van der Waals surface area (Å²) in [6, 6.07) is 0. The van der Waals surface area contributed by atoms with Gasteiger partial charge in [0.2, 0.25) is 0 Å². The van der Waals surface area contributed by atoms with Gasteiger partial charge in [-0.25, -0.2) is 4.79 Å². The Balaban J connectivity index is 2.74. The maximum Gasteiger partial charge on any atom is 0.471 e. The maximum absolute atomic E-state index is 12.8. The molecule has 1 fully saturated rings. The van der Waals surface area contributed by atoms with Crippen molar-refractivity contribution in [2.75, 3.05) is 13.1 Å². The maximum atomic E-state index is 12.8. The first kappa shape index (κ1) is 13.6. The van der Waals surface area contributed by atoms with Gasteiger partial charge in [-0.1, -0.05) is 0 Å². The quantitative estimate of drug-likeness (QED) is 0.679. The van der Waals surface area contributed by atoms with E-state index in [1.807, 2.05) is 0 Å². The van der Waals surface area contributed by atoms with E-state index >= 15 is 0 Å². The molecule has 0 spiro atoms. The SMILES string of the molecule is O=C(N1CC(O)(C(F)(F)C(=O)O)C1)C(F)(F)F. The molecule has 0 aromatic heterocycles. The number of β-amino-alcohol motifs (C(OH)–C–C–N with tert-alkyl or cyclic N) is 1. The van der Waals surface area contributed by atoms with Crippen LogP contribution in [-0.4, -0.2) is 57.8 Å². The number of halogens is 5. The van der Waals surface area contributed by atoms with E-state index in [1.165, 1.54) is 0 Å². The highest BCUT2D eigenvalue weighted by atomic mass is 19.4. The summed E-state index contributed by atoms with van der Waals surface area (Å²) in [4.78, 5) is 20.5. The van der Waals surface area contributed by atoms with Crippen molar-refractivity contribution in [1.29, 1.82) is 0 Å². The number of amides is 1. The lowest BCUT2D eigenvalue weighted by Gasteiger charge is -2.48. The highest BCUT2D eigenvalue weighted by molar-refractivity contribution is 5.84. The monoisotopic (exact) mass is 263 g/mol. The van der Waals surface area contributed by atoms with Crippen molar-refractivity contribution in [2.45, 2.75) is 17.7 Å². The Morgan fingerprint density at radius 3 is 1.82 bits per heavy atom. The van der Waals surface area contributed by atoms with Crippen LogP contribution in [0.3, 0.4) is 0 Å². The Labute approximate surface area is 90.4 Å². The van der Waals surface area contributed by atoms with Crippen LogP contribution in [0.2, 0.25) is 0 Å². The lowest BCUT2D eigenvalue weighted by Crippen LogP contribution is -2.74. The van der Waals surface area contributed by atoms with Crippen molar-refractivity contribution in [2.24, 2.45) is 0 Å². The molecule has 0 saturated carbocycles. The zero-order valence-corrected chi connectivity index (χ0v) is 7.96. The van der Waals surface area contributed by atoms with E-state index in [2.05, 4.69) is 0 Å². The van der Waals surface area contributed by atoms with Crippen molar-refractivity contribution in [3.63, 3.8) is 0 Å². The van der Waals surface area contributed by atoms with Gasteiger partial charge in [0.05, 0.1) is 13.1 Å². The zero-order chi connectivity index (χ0) is 13.6. The van der Waals surface area contributed by atoms with Gasteiger partial charge in [-0.3, -0.25) is 4.79 Å². The molecule has 0 unspecified atom stereocenters. The minimum Gasteiger partial charge on any atom is -0.477 e. The van der Waals surface area contributed by atoms with Crippen LogP contribution < -0.4 is 0 Å². The molecule has 98 valence electrons. The van der Waals surface area contributed by atoms with E-state index in [0.29, 0.717) is 0 Å². The van der Waals surface area contributed by atoms with Crippen LogP contribution in [0.4, 0.5) is 22.0 Å². The average molecular weight is 263 g/mol. The second-order valence-corrected chi connectivity index (χ2v) is 3.57. The van der Waals surface area contributed by atoms with Gasteiger partial charge in [0.15, 0.2) is 5.60 Å². The normalized spacial score (nSPS) is 19.8. The minimum absolute atomic E-state index is 0.100. The third-order valence-electron chi connectivity index (χ3n) is 2.29. The van der Waals surface area contributed by atoms with Crippen LogP contribution in [0.25, 0.3) is 0 Å². The molecule has 1 saturated heterocycles. The molecule has 0 bridgehead atoms. The Hall–Kier alpha value is -1.45. The number of carbonyl (C=O) groups excluding carboxylic acids is 1. The van der Waals surface area contributed by atoms with Crippen molar-refractivity contribution >= 4 is 11.9 Å². The third-order valence-corrected chi connectivity index (χ3v) is 2.29. The van der Waals surface area contributed by atoms with Gasteiger partial charge in [0.1, 0.15) is 0 Å². The lowest BCUT2D eigenvalue weighted by molar-refractivity contribution is -0.253. The standard InChI is InChI=1S/C7H6F5NO4/c8-6(9,4(15)16)5(17)1-13(2-5)3(14)7(10,11)12/h17H,1-2H2,(H,15,16). The molecule has 1 rings (SSSR count). The van der Waals surface area contributed by atoms with Crippen LogP contribution in [0.5, 0.6) is 0 Å². The Kier molecular flexibility index (Phi) is 2.82. The van der Waals surface area contributed by atoms with Crippen molar-refractivity contribution in [3.8, 4) is 0 Å². The van der Waals surface area contributed by atoms with Crippen LogP contribution in [0.15, 0.2) is 0 Å². The molecule has 2 N–H and O–H groups in total. The fourth-order valence-electron chi connectivity index (χ4n) is 1.31. The summed E-state index contributed by atoms with van der Waals surface area (Å²) in [5.74, 6) is -9.68. The largest absolute Gasteiger partial charge is 0.477 e. The summed E-state index contributed by atoms with van der Waals surface area (Å²) >= 11 is 0. The Morgan fingerprint density at radius 2 is 1.53 bits per heavy atom. The number of rotatable bonds is 2. The zero-order valence-electron chi connectivity index (χ0n) is 7.96. The summed E-state index contributed by atoms with van der Waals surface area (Å²) in [6.45, 7) is -2.77. The van der Waals surface area contributed by atoms with Crippen LogP contribution in [0.1, 0.15) is 0 Å². The number of carboxylic acids is 1. The summed E-state index contributed by atoms with van der Waals surface area (Å²) in [7, 11) is 0. The summed E-state index contributed by atoms with van der Waals surface area (Å²) < 4.78 is 61.2. The fraction of sp³-hybridized carbons (Fsp3) is 0.714. The fourth-order valence-corrected chi connectivity index (χ4v) is 1.31. The van der Waals surface area contributed by atoms with Gasteiger partial charge >= 0.3 is 24.0 Å². The van der Waals surface area contributed by atoms with Gasteiger partial charge in [0.25, 0.3) is 0 Å². The molecule has 1 aliphatic rings. The van der Waals surface area contributed by atoms with Crippen molar-refractivity contribution in [3.05, 3.63) is 0 Å². The first-order valence-electron chi connectivity index (χ1n) is 4.11. The van der Waals surface area contributed by atoms with E-state index in [4.69, 9.17) is 10.2 Å². The Bertz CT molecular complexity index is 360. The van der Waals surface area contributed by atoms with E-state index < -0.39 is 42.7 Å². The number of carboxylic acid groups (broad SMARTS) is 1. The number of hydrogen-bond acceptors (Lipinski definition) is 3. The number of nitrogens with zero attached hydrogens (tertiary/aromatic N) is 1. The van der Waals surface area contributed by atoms with Crippen molar-refractivity contribution in [1.82, 2.24) is 4.90 Å². The van der Waals surface area contributed by atoms with Crippen molar-refractivity contribution < 1.29 is 41.8 Å².